The van der Waals surface area contributed by atoms with Crippen molar-refractivity contribution in [2.24, 2.45) is 0 Å². The summed E-state index contributed by atoms with van der Waals surface area (Å²) in [6.07, 6.45) is 2.43. The third-order valence-corrected chi connectivity index (χ3v) is 3.42. The van der Waals surface area contributed by atoms with Gasteiger partial charge in [0.25, 0.3) is 0 Å². The third-order valence-electron chi connectivity index (χ3n) is 2.54. The average Bonchev–Trinajstić information content (AvgIpc) is 2.70. The monoisotopic (exact) mass is 198 g/mol. The quantitative estimate of drug-likeness (QED) is 0.768. The fourth-order valence-electron chi connectivity index (χ4n) is 1.76. The molecule has 1 N–H and O–H groups in total. The normalized spacial score (nSPS) is 22.4. The van der Waals surface area contributed by atoms with Crippen LogP contribution in [-0.4, -0.2) is 17.2 Å². The van der Waals surface area contributed by atoms with Crippen molar-refractivity contribution in [2.45, 2.75) is 32.4 Å². The van der Waals surface area contributed by atoms with E-state index in [-0.39, 0.29) is 4.87 Å². The second-order valence-corrected chi connectivity index (χ2v) is 4.37. The van der Waals surface area contributed by atoms with E-state index >= 15 is 0 Å². The Morgan fingerprint density at radius 2 is 2.62 bits per heavy atom. The Bertz CT molecular complexity index is 336. The molecule has 2 heterocycles. The van der Waals surface area contributed by atoms with E-state index in [9.17, 15) is 4.79 Å². The molecular formula is C9H14N2OS. The zero-order chi connectivity index (χ0) is 9.26. The number of aromatic nitrogens is 1. The number of nitrogens with one attached hydrogen (secondary N) is 1. The predicted octanol–water partition coefficient (Wildman–Crippen LogP) is 0.970. The lowest BCUT2D eigenvalue weighted by molar-refractivity contribution is 0.498. The molecule has 3 nitrogen and oxygen atoms in total. The number of hydrogen-bond acceptors (Lipinski definition) is 3. The number of nitrogens with zero attached hydrogens (tertiary/aromatic N) is 1. The van der Waals surface area contributed by atoms with Crippen LogP contribution in [0.25, 0.3) is 0 Å². The Kier molecular flexibility index (Phi) is 2.51. The van der Waals surface area contributed by atoms with E-state index in [1.165, 1.54) is 24.2 Å². The van der Waals surface area contributed by atoms with Crippen LogP contribution in [0.15, 0.2) is 10.2 Å². The van der Waals surface area contributed by atoms with Gasteiger partial charge in [0.2, 0.25) is 0 Å². The summed E-state index contributed by atoms with van der Waals surface area (Å²) in [7, 11) is 0. The van der Waals surface area contributed by atoms with E-state index in [1.54, 1.807) is 0 Å². The molecule has 4 heteroatoms. The number of thiazole rings is 1. The van der Waals surface area contributed by atoms with Crippen LogP contribution in [0, 0.1) is 6.92 Å². The van der Waals surface area contributed by atoms with Gasteiger partial charge in [-0.05, 0) is 26.3 Å². The van der Waals surface area contributed by atoms with Gasteiger partial charge in [-0.25, -0.2) is 0 Å². The Hall–Kier alpha value is -0.610. The van der Waals surface area contributed by atoms with Gasteiger partial charge in [0.1, 0.15) is 0 Å². The van der Waals surface area contributed by atoms with Gasteiger partial charge in [0.05, 0.1) is 0 Å². The van der Waals surface area contributed by atoms with E-state index < -0.39 is 0 Å². The predicted molar refractivity (Wildman–Crippen MR) is 54.3 cm³/mol. The summed E-state index contributed by atoms with van der Waals surface area (Å²) in [6.45, 7) is 3.93. The highest BCUT2D eigenvalue weighted by Crippen LogP contribution is 2.08. The fourth-order valence-corrected chi connectivity index (χ4v) is 2.50. The summed E-state index contributed by atoms with van der Waals surface area (Å²) < 4.78 is 1.87. The van der Waals surface area contributed by atoms with Crippen molar-refractivity contribution in [1.29, 1.82) is 0 Å². The van der Waals surface area contributed by atoms with Gasteiger partial charge in [-0.15, -0.1) is 0 Å². The molecule has 72 valence electrons. The molecule has 0 aromatic carbocycles. The van der Waals surface area contributed by atoms with Crippen LogP contribution in [-0.2, 0) is 6.54 Å². The summed E-state index contributed by atoms with van der Waals surface area (Å²) >= 11 is 1.29. The van der Waals surface area contributed by atoms with Crippen molar-refractivity contribution in [1.82, 2.24) is 9.88 Å². The van der Waals surface area contributed by atoms with Gasteiger partial charge in [-0.1, -0.05) is 11.3 Å². The minimum Gasteiger partial charge on any atom is -0.312 e. The summed E-state index contributed by atoms with van der Waals surface area (Å²) in [4.78, 5) is 11.6. The summed E-state index contributed by atoms with van der Waals surface area (Å²) in [6, 6.07) is 0.506. The van der Waals surface area contributed by atoms with E-state index in [1.807, 2.05) is 16.9 Å². The van der Waals surface area contributed by atoms with Crippen molar-refractivity contribution < 1.29 is 0 Å². The van der Waals surface area contributed by atoms with E-state index in [0.717, 1.165) is 18.8 Å². The SMILES string of the molecule is Cc1csc(=O)n1CC1CCCN1. The topological polar surface area (TPSA) is 34.0 Å². The Labute approximate surface area is 81.4 Å². The van der Waals surface area contributed by atoms with Crippen molar-refractivity contribution in [3.05, 3.63) is 20.7 Å². The van der Waals surface area contributed by atoms with E-state index in [0.29, 0.717) is 6.04 Å². The second-order valence-electron chi connectivity index (χ2n) is 3.55. The highest BCUT2D eigenvalue weighted by Gasteiger charge is 2.15. The lowest BCUT2D eigenvalue weighted by atomic mass is 10.2. The lowest BCUT2D eigenvalue weighted by Gasteiger charge is -2.11. The van der Waals surface area contributed by atoms with Crippen LogP contribution in [0.3, 0.4) is 0 Å². The largest absolute Gasteiger partial charge is 0.312 e. The molecule has 1 aromatic rings. The number of rotatable bonds is 2. The molecule has 2 rings (SSSR count). The standard InChI is InChI=1S/C9H14N2OS/c1-7-6-13-9(12)11(7)5-8-3-2-4-10-8/h6,8,10H,2-5H2,1H3. The highest BCUT2D eigenvalue weighted by atomic mass is 32.1. The molecule has 0 aliphatic carbocycles. The molecular weight excluding hydrogens is 184 g/mol. The summed E-state index contributed by atoms with van der Waals surface area (Å²) in [5, 5.41) is 5.32. The highest BCUT2D eigenvalue weighted by molar-refractivity contribution is 7.07. The number of hydrogen-bond donors (Lipinski definition) is 1. The minimum atomic E-state index is 0.172. The Balaban J connectivity index is 2.12. The summed E-state index contributed by atoms with van der Waals surface area (Å²) in [5.41, 5.74) is 1.09. The second kappa shape index (κ2) is 3.64. The van der Waals surface area contributed by atoms with Crippen LogP contribution in [0.1, 0.15) is 18.5 Å². The Morgan fingerprint density at radius 3 is 3.15 bits per heavy atom. The van der Waals surface area contributed by atoms with Crippen LogP contribution in [0.5, 0.6) is 0 Å². The van der Waals surface area contributed by atoms with Gasteiger partial charge in [0.15, 0.2) is 0 Å². The molecule has 0 saturated carbocycles. The molecule has 1 saturated heterocycles. The molecule has 1 aromatic heterocycles. The van der Waals surface area contributed by atoms with E-state index in [4.69, 9.17) is 0 Å². The van der Waals surface area contributed by atoms with Crippen LogP contribution in [0.2, 0.25) is 0 Å². The number of aryl methyl sites for hydroxylation is 1. The first kappa shape index (κ1) is 8.97. The molecule has 1 unspecified atom stereocenters. The van der Waals surface area contributed by atoms with Crippen LogP contribution in [0.4, 0.5) is 0 Å². The first-order chi connectivity index (χ1) is 6.27. The smallest absolute Gasteiger partial charge is 0.307 e. The van der Waals surface area contributed by atoms with Gasteiger partial charge in [-0.3, -0.25) is 4.79 Å². The maximum Gasteiger partial charge on any atom is 0.307 e. The minimum absolute atomic E-state index is 0.172. The van der Waals surface area contributed by atoms with Gasteiger partial charge in [0, 0.05) is 23.7 Å². The fraction of sp³-hybridized carbons (Fsp3) is 0.667. The average molecular weight is 198 g/mol. The zero-order valence-corrected chi connectivity index (χ0v) is 8.56. The summed E-state index contributed by atoms with van der Waals surface area (Å²) in [5.74, 6) is 0. The molecule has 1 aliphatic rings. The van der Waals surface area contributed by atoms with Crippen LogP contribution < -0.4 is 10.2 Å². The molecule has 0 radical (unpaired) electrons. The first-order valence-corrected chi connectivity index (χ1v) is 5.53. The zero-order valence-electron chi connectivity index (χ0n) is 7.75. The van der Waals surface area contributed by atoms with E-state index in [2.05, 4.69) is 5.32 Å². The molecule has 1 aliphatic heterocycles. The van der Waals surface area contributed by atoms with Crippen molar-refractivity contribution >= 4 is 11.3 Å². The molecule has 13 heavy (non-hydrogen) atoms. The molecule has 0 bridgehead atoms. The molecule has 1 fully saturated rings. The maximum absolute atomic E-state index is 11.4. The molecule has 0 amide bonds. The molecule has 0 spiro atoms. The van der Waals surface area contributed by atoms with Gasteiger partial charge in [-0.2, -0.15) is 0 Å². The van der Waals surface area contributed by atoms with Crippen LogP contribution >= 0.6 is 11.3 Å². The molecule has 1 atom stereocenters. The maximum atomic E-state index is 11.4. The van der Waals surface area contributed by atoms with Gasteiger partial charge >= 0.3 is 4.87 Å². The van der Waals surface area contributed by atoms with Gasteiger partial charge < -0.3 is 9.88 Å². The van der Waals surface area contributed by atoms with Crippen molar-refractivity contribution in [3.63, 3.8) is 0 Å². The first-order valence-electron chi connectivity index (χ1n) is 4.65. The third kappa shape index (κ3) is 1.84. The van der Waals surface area contributed by atoms with Crippen molar-refractivity contribution in [2.75, 3.05) is 6.54 Å². The van der Waals surface area contributed by atoms with Crippen molar-refractivity contribution in [3.8, 4) is 0 Å². The Morgan fingerprint density at radius 1 is 1.77 bits per heavy atom. The lowest BCUT2D eigenvalue weighted by Crippen LogP contribution is -2.30.